The maximum absolute atomic E-state index is 11.0. The lowest BCUT2D eigenvalue weighted by Crippen LogP contribution is -2.33. The molecule has 6 nitrogen and oxygen atoms in total. The van der Waals surface area contributed by atoms with E-state index in [4.69, 9.17) is 33.7 Å². The molecule has 2 aromatic rings. The molecular formula is C13H12Cl2N4O2. The number of primary amides is 1. The van der Waals surface area contributed by atoms with Crippen molar-refractivity contribution in [3.05, 3.63) is 46.2 Å². The molecule has 1 aromatic carbocycles. The highest BCUT2D eigenvalue weighted by molar-refractivity contribution is 6.35. The van der Waals surface area contributed by atoms with Crippen molar-refractivity contribution in [3.63, 3.8) is 0 Å². The minimum absolute atomic E-state index is 0.186. The van der Waals surface area contributed by atoms with Crippen LogP contribution in [-0.2, 0) is 6.61 Å². The number of anilines is 1. The fourth-order valence-corrected chi connectivity index (χ4v) is 1.99. The number of hydrogen-bond acceptors (Lipinski definition) is 4. The van der Waals surface area contributed by atoms with E-state index in [1.807, 2.05) is 0 Å². The van der Waals surface area contributed by atoms with Crippen LogP contribution in [-0.4, -0.2) is 23.0 Å². The quantitative estimate of drug-likeness (QED) is 0.936. The van der Waals surface area contributed by atoms with Crippen LogP contribution in [0.25, 0.3) is 0 Å². The van der Waals surface area contributed by atoms with Gasteiger partial charge >= 0.3 is 6.03 Å². The van der Waals surface area contributed by atoms with Crippen LogP contribution in [0.1, 0.15) is 5.56 Å². The number of rotatable bonds is 4. The summed E-state index contributed by atoms with van der Waals surface area (Å²) in [5, 5.41) is 1.04. The van der Waals surface area contributed by atoms with Gasteiger partial charge in [0.15, 0.2) is 5.75 Å². The van der Waals surface area contributed by atoms with Crippen molar-refractivity contribution in [3.8, 4) is 5.75 Å². The molecule has 0 saturated carbocycles. The van der Waals surface area contributed by atoms with Crippen molar-refractivity contribution < 1.29 is 9.53 Å². The van der Waals surface area contributed by atoms with E-state index in [0.717, 1.165) is 4.90 Å². The van der Waals surface area contributed by atoms with Gasteiger partial charge in [-0.25, -0.2) is 14.8 Å². The van der Waals surface area contributed by atoms with Gasteiger partial charge < -0.3 is 10.5 Å². The summed E-state index contributed by atoms with van der Waals surface area (Å²) in [4.78, 5) is 20.1. The van der Waals surface area contributed by atoms with Crippen molar-refractivity contribution >= 4 is 35.2 Å². The molecule has 1 heterocycles. The Morgan fingerprint density at radius 2 is 1.86 bits per heavy atom. The summed E-state index contributed by atoms with van der Waals surface area (Å²) in [7, 11) is 1.47. The molecule has 21 heavy (non-hydrogen) atoms. The summed E-state index contributed by atoms with van der Waals surface area (Å²) < 4.78 is 5.52. The minimum Gasteiger partial charge on any atom is -0.486 e. The van der Waals surface area contributed by atoms with Gasteiger partial charge in [-0.2, -0.15) is 0 Å². The fraction of sp³-hybridized carbons (Fsp3) is 0.154. The van der Waals surface area contributed by atoms with Crippen molar-refractivity contribution in [2.75, 3.05) is 11.9 Å². The number of carbonyl (C=O) groups is 1. The van der Waals surface area contributed by atoms with E-state index >= 15 is 0 Å². The van der Waals surface area contributed by atoms with Crippen LogP contribution in [0.4, 0.5) is 10.7 Å². The Labute approximate surface area is 131 Å². The van der Waals surface area contributed by atoms with Gasteiger partial charge in [-0.15, -0.1) is 0 Å². The first-order valence-electron chi connectivity index (χ1n) is 5.90. The molecule has 0 aliphatic rings. The monoisotopic (exact) mass is 326 g/mol. The molecule has 1 aromatic heterocycles. The number of aromatic nitrogens is 2. The van der Waals surface area contributed by atoms with Crippen LogP contribution in [0.5, 0.6) is 5.75 Å². The summed E-state index contributed by atoms with van der Waals surface area (Å²) in [6.45, 7) is 0.187. The van der Waals surface area contributed by atoms with Gasteiger partial charge in [0.2, 0.25) is 5.95 Å². The van der Waals surface area contributed by atoms with Gasteiger partial charge in [-0.05, 0) is 12.1 Å². The predicted octanol–water partition coefficient (Wildman–Crippen LogP) is 2.88. The number of nitrogens with two attached hydrogens (primary N) is 1. The number of amides is 2. The second-order valence-electron chi connectivity index (χ2n) is 4.10. The zero-order valence-electron chi connectivity index (χ0n) is 11.1. The zero-order chi connectivity index (χ0) is 15.4. The molecule has 0 saturated heterocycles. The third kappa shape index (κ3) is 3.74. The SMILES string of the molecule is CN(C(N)=O)c1ncc(OCc2c(Cl)cccc2Cl)cn1. The predicted molar refractivity (Wildman–Crippen MR) is 80.8 cm³/mol. The highest BCUT2D eigenvalue weighted by Gasteiger charge is 2.10. The third-order valence-corrected chi connectivity index (χ3v) is 3.40. The molecule has 110 valence electrons. The molecule has 2 N–H and O–H groups in total. The molecule has 8 heteroatoms. The van der Waals surface area contributed by atoms with Gasteiger partial charge in [-0.3, -0.25) is 4.90 Å². The summed E-state index contributed by atoms with van der Waals surface area (Å²) in [6, 6.07) is 4.57. The summed E-state index contributed by atoms with van der Waals surface area (Å²) >= 11 is 12.1. The highest BCUT2D eigenvalue weighted by atomic mass is 35.5. The van der Waals surface area contributed by atoms with E-state index in [1.54, 1.807) is 18.2 Å². The van der Waals surface area contributed by atoms with Crippen molar-refractivity contribution in [1.29, 1.82) is 0 Å². The number of hydrogen-bond donors (Lipinski definition) is 1. The lowest BCUT2D eigenvalue weighted by molar-refractivity contribution is 0.254. The fourth-order valence-electron chi connectivity index (χ4n) is 1.48. The Kier molecular flexibility index (Phi) is 4.82. The number of nitrogens with zero attached hydrogens (tertiary/aromatic N) is 3. The van der Waals surface area contributed by atoms with Crippen molar-refractivity contribution in [2.45, 2.75) is 6.61 Å². The van der Waals surface area contributed by atoms with E-state index < -0.39 is 6.03 Å². The van der Waals surface area contributed by atoms with E-state index in [1.165, 1.54) is 19.4 Å². The van der Waals surface area contributed by atoms with E-state index in [-0.39, 0.29) is 12.6 Å². The van der Waals surface area contributed by atoms with Crippen molar-refractivity contribution in [1.82, 2.24) is 9.97 Å². The molecule has 0 radical (unpaired) electrons. The second kappa shape index (κ2) is 6.60. The van der Waals surface area contributed by atoms with E-state index in [0.29, 0.717) is 21.4 Å². The molecule has 0 aliphatic carbocycles. The zero-order valence-corrected chi connectivity index (χ0v) is 12.6. The Hall–Kier alpha value is -2.05. The lowest BCUT2D eigenvalue weighted by Gasteiger charge is -2.12. The molecule has 0 bridgehead atoms. The van der Waals surface area contributed by atoms with Crippen LogP contribution in [0.15, 0.2) is 30.6 Å². The molecule has 0 unspecified atom stereocenters. The average molecular weight is 327 g/mol. The first-order valence-corrected chi connectivity index (χ1v) is 6.65. The standard InChI is InChI=1S/C13H12Cl2N4O2/c1-19(12(16)20)13-17-5-8(6-18-13)21-7-9-10(14)3-2-4-11(9)15/h2-6H,7H2,1H3,(H2,16,20). The number of carbonyl (C=O) groups excluding carboxylic acids is 1. The van der Waals surface area contributed by atoms with Gasteiger partial charge in [0.05, 0.1) is 12.4 Å². The third-order valence-electron chi connectivity index (χ3n) is 2.69. The molecule has 2 rings (SSSR count). The first kappa shape index (κ1) is 15.3. The second-order valence-corrected chi connectivity index (χ2v) is 4.92. The maximum atomic E-state index is 11.0. The minimum atomic E-state index is -0.647. The normalized spacial score (nSPS) is 10.2. The first-order chi connectivity index (χ1) is 9.99. The highest BCUT2D eigenvalue weighted by Crippen LogP contribution is 2.25. The van der Waals surface area contributed by atoms with Crippen LogP contribution >= 0.6 is 23.2 Å². The number of ether oxygens (including phenoxy) is 1. The van der Waals surface area contributed by atoms with Gasteiger partial charge in [0.1, 0.15) is 6.61 Å². The van der Waals surface area contributed by atoms with Crippen LogP contribution in [0.2, 0.25) is 10.0 Å². The summed E-state index contributed by atoms with van der Waals surface area (Å²) in [6.07, 6.45) is 2.87. The van der Waals surface area contributed by atoms with Gasteiger partial charge in [-0.1, -0.05) is 29.3 Å². The topological polar surface area (TPSA) is 81.3 Å². The van der Waals surface area contributed by atoms with Crippen LogP contribution in [0, 0.1) is 0 Å². The number of urea groups is 1. The lowest BCUT2D eigenvalue weighted by atomic mass is 10.2. The Morgan fingerprint density at radius 3 is 2.38 bits per heavy atom. The molecule has 0 spiro atoms. The molecule has 2 amide bonds. The summed E-state index contributed by atoms with van der Waals surface area (Å²) in [5.41, 5.74) is 5.80. The smallest absolute Gasteiger partial charge is 0.321 e. The van der Waals surface area contributed by atoms with E-state index in [9.17, 15) is 4.79 Å². The molecule has 0 aliphatic heterocycles. The average Bonchev–Trinajstić information content (AvgIpc) is 2.46. The van der Waals surface area contributed by atoms with Gasteiger partial charge in [0, 0.05) is 22.7 Å². The maximum Gasteiger partial charge on any atom is 0.321 e. The van der Waals surface area contributed by atoms with E-state index in [2.05, 4.69) is 9.97 Å². The Balaban J connectivity index is 2.06. The molecular weight excluding hydrogens is 315 g/mol. The van der Waals surface area contributed by atoms with Gasteiger partial charge in [0.25, 0.3) is 0 Å². The largest absolute Gasteiger partial charge is 0.486 e. The van der Waals surface area contributed by atoms with Crippen LogP contribution < -0.4 is 15.4 Å². The number of benzene rings is 1. The molecule has 0 atom stereocenters. The van der Waals surface area contributed by atoms with Crippen molar-refractivity contribution in [2.24, 2.45) is 5.73 Å². The number of halogens is 2. The molecule has 0 fully saturated rings. The Morgan fingerprint density at radius 1 is 1.29 bits per heavy atom. The Bertz CT molecular complexity index is 629. The summed E-state index contributed by atoms with van der Waals surface area (Å²) in [5.74, 6) is 0.609. The van der Waals surface area contributed by atoms with Crippen LogP contribution in [0.3, 0.4) is 0 Å².